The molecule has 2 aromatic rings. The fourth-order valence-corrected chi connectivity index (χ4v) is 2.25. The number of nitrogens with zero attached hydrogens (tertiary/aromatic N) is 1. The summed E-state index contributed by atoms with van der Waals surface area (Å²) in [5.74, 6) is 0.828. The van der Waals surface area contributed by atoms with Crippen LogP contribution in [0.1, 0.15) is 25.1 Å². The number of methoxy groups -OCH3 is 1. The first kappa shape index (κ1) is 13.6. The monoisotopic (exact) mass is 256 g/mol. The molecular formula is C16H20N2O. The highest BCUT2D eigenvalue weighted by Crippen LogP contribution is 2.30. The van der Waals surface area contributed by atoms with Gasteiger partial charge in [0.25, 0.3) is 0 Å². The molecule has 19 heavy (non-hydrogen) atoms. The molecule has 3 heteroatoms. The van der Waals surface area contributed by atoms with Crippen molar-refractivity contribution in [3.8, 4) is 17.0 Å². The molecule has 0 unspecified atom stereocenters. The molecule has 0 aliphatic heterocycles. The first-order valence-corrected chi connectivity index (χ1v) is 6.34. The third-order valence-corrected chi connectivity index (χ3v) is 3.16. The van der Waals surface area contributed by atoms with E-state index in [9.17, 15) is 0 Å². The van der Waals surface area contributed by atoms with Crippen molar-refractivity contribution in [3.05, 3.63) is 47.7 Å². The number of para-hydroxylation sites is 1. The maximum absolute atomic E-state index is 6.14. The first-order chi connectivity index (χ1) is 8.93. The van der Waals surface area contributed by atoms with E-state index in [0.717, 1.165) is 28.3 Å². The third kappa shape index (κ3) is 2.76. The molecule has 0 saturated carbocycles. The van der Waals surface area contributed by atoms with Gasteiger partial charge in [-0.25, -0.2) is 0 Å². The fourth-order valence-electron chi connectivity index (χ4n) is 2.25. The van der Waals surface area contributed by atoms with Crippen molar-refractivity contribution in [2.45, 2.75) is 26.3 Å². The van der Waals surface area contributed by atoms with E-state index in [1.54, 1.807) is 7.11 Å². The van der Waals surface area contributed by atoms with Crippen molar-refractivity contribution in [2.24, 2.45) is 5.73 Å². The van der Waals surface area contributed by atoms with Gasteiger partial charge < -0.3 is 10.5 Å². The van der Waals surface area contributed by atoms with Crippen LogP contribution in [0.15, 0.2) is 36.4 Å². The minimum Gasteiger partial charge on any atom is -0.496 e. The van der Waals surface area contributed by atoms with Gasteiger partial charge in [0.2, 0.25) is 0 Å². The summed E-state index contributed by atoms with van der Waals surface area (Å²) in [5, 5.41) is 0. The lowest BCUT2D eigenvalue weighted by molar-refractivity contribution is 0.416. The molecule has 0 aliphatic rings. The van der Waals surface area contributed by atoms with Crippen LogP contribution < -0.4 is 10.5 Å². The molecule has 0 saturated heterocycles. The highest BCUT2D eigenvalue weighted by Gasteiger charge is 2.18. The number of hydrogen-bond donors (Lipinski definition) is 1. The first-order valence-electron chi connectivity index (χ1n) is 6.34. The third-order valence-electron chi connectivity index (χ3n) is 3.16. The summed E-state index contributed by atoms with van der Waals surface area (Å²) in [6.45, 7) is 5.96. The Balaban J connectivity index is 2.51. The molecule has 0 fully saturated rings. The van der Waals surface area contributed by atoms with Crippen LogP contribution in [0.4, 0.5) is 0 Å². The number of benzene rings is 1. The summed E-state index contributed by atoms with van der Waals surface area (Å²) in [7, 11) is 1.67. The van der Waals surface area contributed by atoms with Crippen molar-refractivity contribution in [1.29, 1.82) is 0 Å². The average molecular weight is 256 g/mol. The van der Waals surface area contributed by atoms with E-state index >= 15 is 0 Å². The molecule has 1 heterocycles. The molecule has 0 bridgehead atoms. The number of ether oxygens (including phenoxy) is 1. The van der Waals surface area contributed by atoms with E-state index in [-0.39, 0.29) is 5.54 Å². The van der Waals surface area contributed by atoms with Crippen LogP contribution in [-0.4, -0.2) is 12.1 Å². The van der Waals surface area contributed by atoms with Crippen LogP contribution in [0.3, 0.4) is 0 Å². The van der Waals surface area contributed by atoms with Crippen molar-refractivity contribution < 1.29 is 4.74 Å². The average Bonchev–Trinajstić information content (AvgIpc) is 2.37. The van der Waals surface area contributed by atoms with E-state index in [1.807, 2.05) is 57.2 Å². The SMILES string of the molecule is COc1ccccc1-c1ccc(C(C)(C)N)c(C)n1. The Bertz CT molecular complexity index is 586. The van der Waals surface area contributed by atoms with Crippen LogP contribution in [0.5, 0.6) is 5.75 Å². The zero-order valence-electron chi connectivity index (χ0n) is 11.9. The van der Waals surface area contributed by atoms with Gasteiger partial charge in [-0.3, -0.25) is 4.98 Å². The molecule has 2 N–H and O–H groups in total. The van der Waals surface area contributed by atoms with E-state index in [1.165, 1.54) is 0 Å². The minimum absolute atomic E-state index is 0.379. The molecule has 100 valence electrons. The van der Waals surface area contributed by atoms with Gasteiger partial charge in [-0.05, 0) is 44.5 Å². The second kappa shape index (κ2) is 5.02. The predicted octanol–water partition coefficient (Wildman–Crippen LogP) is 3.26. The zero-order valence-corrected chi connectivity index (χ0v) is 11.9. The van der Waals surface area contributed by atoms with Gasteiger partial charge >= 0.3 is 0 Å². The van der Waals surface area contributed by atoms with Gasteiger partial charge in [0.15, 0.2) is 0 Å². The highest BCUT2D eigenvalue weighted by atomic mass is 16.5. The van der Waals surface area contributed by atoms with E-state index in [4.69, 9.17) is 10.5 Å². The largest absolute Gasteiger partial charge is 0.496 e. The molecule has 2 rings (SSSR count). The molecular weight excluding hydrogens is 236 g/mol. The number of nitrogens with two attached hydrogens (primary N) is 1. The summed E-state index contributed by atoms with van der Waals surface area (Å²) < 4.78 is 5.37. The number of aromatic nitrogens is 1. The minimum atomic E-state index is -0.379. The Hall–Kier alpha value is -1.87. The molecule has 0 aliphatic carbocycles. The molecule has 3 nitrogen and oxygen atoms in total. The quantitative estimate of drug-likeness (QED) is 0.917. The van der Waals surface area contributed by atoms with Gasteiger partial charge in [-0.2, -0.15) is 0 Å². The number of aryl methyl sites for hydroxylation is 1. The summed E-state index contributed by atoms with van der Waals surface area (Å²) >= 11 is 0. The van der Waals surface area contributed by atoms with Crippen molar-refractivity contribution in [3.63, 3.8) is 0 Å². The number of hydrogen-bond acceptors (Lipinski definition) is 3. The van der Waals surface area contributed by atoms with E-state index < -0.39 is 0 Å². The normalized spacial score (nSPS) is 11.4. The standard InChI is InChI=1S/C16H20N2O/c1-11-13(16(2,3)17)9-10-14(18-11)12-7-5-6-8-15(12)19-4/h5-10H,17H2,1-4H3. The lowest BCUT2D eigenvalue weighted by Gasteiger charge is -2.21. The van der Waals surface area contributed by atoms with Gasteiger partial charge in [-0.1, -0.05) is 18.2 Å². The highest BCUT2D eigenvalue weighted by molar-refractivity contribution is 5.67. The maximum atomic E-state index is 6.14. The Morgan fingerprint density at radius 2 is 1.79 bits per heavy atom. The zero-order chi connectivity index (χ0) is 14.0. The van der Waals surface area contributed by atoms with Crippen molar-refractivity contribution >= 4 is 0 Å². The van der Waals surface area contributed by atoms with Crippen molar-refractivity contribution in [1.82, 2.24) is 4.98 Å². The predicted molar refractivity (Wildman–Crippen MR) is 78.2 cm³/mol. The summed E-state index contributed by atoms with van der Waals surface area (Å²) in [4.78, 5) is 4.66. The Morgan fingerprint density at radius 1 is 1.11 bits per heavy atom. The number of pyridine rings is 1. The van der Waals surface area contributed by atoms with Crippen LogP contribution in [0.2, 0.25) is 0 Å². The Kier molecular flexibility index (Phi) is 3.58. The van der Waals surface area contributed by atoms with Gasteiger partial charge in [0.05, 0.1) is 12.8 Å². The second-order valence-electron chi connectivity index (χ2n) is 5.25. The molecule has 0 atom stereocenters. The molecule has 0 spiro atoms. The summed E-state index contributed by atoms with van der Waals surface area (Å²) in [5.41, 5.74) is 9.68. The van der Waals surface area contributed by atoms with Crippen LogP contribution >= 0.6 is 0 Å². The number of rotatable bonds is 3. The Morgan fingerprint density at radius 3 is 2.37 bits per heavy atom. The molecule has 0 radical (unpaired) electrons. The second-order valence-corrected chi connectivity index (χ2v) is 5.25. The van der Waals surface area contributed by atoms with Gasteiger partial charge in [-0.15, -0.1) is 0 Å². The summed E-state index contributed by atoms with van der Waals surface area (Å²) in [6.07, 6.45) is 0. The van der Waals surface area contributed by atoms with E-state index in [2.05, 4.69) is 4.98 Å². The molecule has 1 aromatic carbocycles. The lowest BCUT2D eigenvalue weighted by atomic mass is 9.93. The lowest BCUT2D eigenvalue weighted by Crippen LogP contribution is -2.29. The van der Waals surface area contributed by atoms with Crippen LogP contribution in [-0.2, 0) is 5.54 Å². The molecule has 1 aromatic heterocycles. The Labute approximate surface area is 114 Å². The smallest absolute Gasteiger partial charge is 0.128 e. The van der Waals surface area contributed by atoms with Gasteiger partial charge in [0, 0.05) is 16.8 Å². The maximum Gasteiger partial charge on any atom is 0.128 e. The van der Waals surface area contributed by atoms with Crippen LogP contribution in [0.25, 0.3) is 11.3 Å². The van der Waals surface area contributed by atoms with Crippen LogP contribution in [0, 0.1) is 6.92 Å². The van der Waals surface area contributed by atoms with Gasteiger partial charge in [0.1, 0.15) is 5.75 Å². The fraction of sp³-hybridized carbons (Fsp3) is 0.312. The van der Waals surface area contributed by atoms with Crippen molar-refractivity contribution in [2.75, 3.05) is 7.11 Å². The summed E-state index contributed by atoms with van der Waals surface area (Å²) in [6, 6.07) is 11.9. The topological polar surface area (TPSA) is 48.1 Å². The van der Waals surface area contributed by atoms with E-state index in [0.29, 0.717) is 0 Å². The molecule has 0 amide bonds.